The summed E-state index contributed by atoms with van der Waals surface area (Å²) in [5.74, 6) is -0.197. The fourth-order valence-electron chi connectivity index (χ4n) is 3.02. The van der Waals surface area contributed by atoms with Gasteiger partial charge in [-0.2, -0.15) is 0 Å². The average molecular weight is 346 g/mol. The Bertz CT molecular complexity index is 854. The summed E-state index contributed by atoms with van der Waals surface area (Å²) in [7, 11) is 0. The van der Waals surface area contributed by atoms with Gasteiger partial charge in [-0.1, -0.05) is 66.7 Å². The fourth-order valence-corrected chi connectivity index (χ4v) is 3.02. The van der Waals surface area contributed by atoms with Crippen LogP contribution in [-0.4, -0.2) is 11.1 Å². The highest BCUT2D eigenvalue weighted by atomic mass is 16.5. The van der Waals surface area contributed by atoms with Gasteiger partial charge in [0.05, 0.1) is 6.42 Å². The van der Waals surface area contributed by atoms with E-state index in [9.17, 15) is 9.90 Å². The minimum Gasteiger partial charge on any atom is -0.489 e. The van der Waals surface area contributed by atoms with Crippen molar-refractivity contribution in [2.24, 2.45) is 0 Å². The van der Waals surface area contributed by atoms with Crippen LogP contribution in [0.15, 0.2) is 78.9 Å². The molecule has 0 aliphatic carbocycles. The van der Waals surface area contributed by atoms with Crippen LogP contribution in [-0.2, 0) is 11.4 Å². The first kappa shape index (κ1) is 17.7. The smallest absolute Gasteiger partial charge is 0.304 e. The lowest BCUT2D eigenvalue weighted by atomic mass is 9.88. The Balaban J connectivity index is 1.74. The van der Waals surface area contributed by atoms with Crippen LogP contribution in [0.1, 0.15) is 34.6 Å². The quantitative estimate of drug-likeness (QED) is 0.641. The summed E-state index contributed by atoms with van der Waals surface area (Å²) in [6.07, 6.45) is 0.0629. The van der Waals surface area contributed by atoms with Crippen LogP contribution >= 0.6 is 0 Å². The summed E-state index contributed by atoms with van der Waals surface area (Å²) in [6, 6.07) is 25.6. The second-order valence-electron chi connectivity index (χ2n) is 6.35. The third kappa shape index (κ3) is 4.51. The van der Waals surface area contributed by atoms with Crippen LogP contribution in [0.3, 0.4) is 0 Å². The number of rotatable bonds is 7. The number of carbonyl (C=O) groups is 1. The number of benzene rings is 3. The topological polar surface area (TPSA) is 46.5 Å². The Morgan fingerprint density at radius 3 is 2.15 bits per heavy atom. The zero-order chi connectivity index (χ0) is 18.4. The Morgan fingerprint density at radius 1 is 0.885 bits per heavy atom. The highest BCUT2D eigenvalue weighted by Gasteiger charge is 2.17. The number of carboxylic acids is 1. The van der Waals surface area contributed by atoms with Gasteiger partial charge in [-0.3, -0.25) is 4.79 Å². The van der Waals surface area contributed by atoms with E-state index in [4.69, 9.17) is 4.74 Å². The van der Waals surface area contributed by atoms with Gasteiger partial charge in [-0.05, 0) is 41.3 Å². The maximum absolute atomic E-state index is 11.3. The Labute approximate surface area is 153 Å². The van der Waals surface area contributed by atoms with Crippen molar-refractivity contribution in [1.29, 1.82) is 0 Å². The van der Waals surface area contributed by atoms with Gasteiger partial charge in [0.15, 0.2) is 0 Å². The molecule has 26 heavy (non-hydrogen) atoms. The van der Waals surface area contributed by atoms with Crippen molar-refractivity contribution >= 4 is 5.97 Å². The fraction of sp³-hybridized carbons (Fsp3) is 0.174. The highest BCUT2D eigenvalue weighted by Crippen LogP contribution is 2.29. The molecule has 0 bridgehead atoms. The normalized spacial score (nSPS) is 11.7. The summed E-state index contributed by atoms with van der Waals surface area (Å²) < 4.78 is 5.88. The molecular formula is C23H22O3. The SMILES string of the molecule is Cc1ccccc1COc1ccc(C(CC(=O)O)c2ccccc2)cc1. The van der Waals surface area contributed by atoms with E-state index in [0.717, 1.165) is 22.4 Å². The molecule has 3 heteroatoms. The summed E-state index contributed by atoms with van der Waals surface area (Å²) in [5, 5.41) is 9.27. The minimum absolute atomic E-state index is 0.0629. The largest absolute Gasteiger partial charge is 0.489 e. The van der Waals surface area contributed by atoms with Crippen molar-refractivity contribution in [3.05, 3.63) is 101 Å². The molecule has 1 atom stereocenters. The molecule has 132 valence electrons. The van der Waals surface area contributed by atoms with Crippen molar-refractivity contribution in [3.63, 3.8) is 0 Å². The molecule has 0 aliphatic rings. The van der Waals surface area contributed by atoms with E-state index in [2.05, 4.69) is 19.1 Å². The first-order valence-electron chi connectivity index (χ1n) is 8.67. The molecule has 0 aromatic heterocycles. The molecule has 1 N–H and O–H groups in total. The molecule has 3 nitrogen and oxygen atoms in total. The molecule has 3 aromatic carbocycles. The Kier molecular flexibility index (Phi) is 5.69. The molecule has 3 aromatic rings. The molecule has 0 saturated carbocycles. The number of hydrogen-bond acceptors (Lipinski definition) is 2. The number of carboxylic acid groups (broad SMARTS) is 1. The Hall–Kier alpha value is -3.07. The lowest BCUT2D eigenvalue weighted by Gasteiger charge is -2.17. The molecular weight excluding hydrogens is 324 g/mol. The molecule has 0 spiro atoms. The number of ether oxygens (including phenoxy) is 1. The number of hydrogen-bond donors (Lipinski definition) is 1. The first-order valence-corrected chi connectivity index (χ1v) is 8.67. The van der Waals surface area contributed by atoms with E-state index in [1.807, 2.05) is 66.7 Å². The number of aliphatic carboxylic acids is 1. The molecule has 3 rings (SSSR count). The van der Waals surface area contributed by atoms with Gasteiger partial charge in [-0.15, -0.1) is 0 Å². The van der Waals surface area contributed by atoms with E-state index in [-0.39, 0.29) is 12.3 Å². The first-order chi connectivity index (χ1) is 12.6. The van der Waals surface area contributed by atoms with E-state index in [1.165, 1.54) is 5.56 Å². The molecule has 0 heterocycles. The van der Waals surface area contributed by atoms with E-state index < -0.39 is 5.97 Å². The Morgan fingerprint density at radius 2 is 1.50 bits per heavy atom. The zero-order valence-corrected chi connectivity index (χ0v) is 14.8. The summed E-state index contributed by atoms with van der Waals surface area (Å²) in [5.41, 5.74) is 4.34. The van der Waals surface area contributed by atoms with E-state index in [0.29, 0.717) is 6.61 Å². The van der Waals surface area contributed by atoms with Gasteiger partial charge in [0.25, 0.3) is 0 Å². The van der Waals surface area contributed by atoms with E-state index in [1.54, 1.807) is 0 Å². The van der Waals surface area contributed by atoms with Crippen LogP contribution in [0, 0.1) is 6.92 Å². The van der Waals surface area contributed by atoms with Crippen molar-refractivity contribution in [2.75, 3.05) is 0 Å². The third-order valence-corrected chi connectivity index (χ3v) is 4.52. The molecule has 0 saturated heterocycles. The van der Waals surface area contributed by atoms with Crippen LogP contribution < -0.4 is 4.74 Å². The van der Waals surface area contributed by atoms with E-state index >= 15 is 0 Å². The molecule has 0 amide bonds. The van der Waals surface area contributed by atoms with Crippen molar-refractivity contribution in [3.8, 4) is 5.75 Å². The third-order valence-electron chi connectivity index (χ3n) is 4.52. The van der Waals surface area contributed by atoms with Gasteiger partial charge >= 0.3 is 5.97 Å². The van der Waals surface area contributed by atoms with Crippen molar-refractivity contribution in [2.45, 2.75) is 25.9 Å². The molecule has 0 radical (unpaired) electrons. The standard InChI is InChI=1S/C23H22O3/c1-17-7-5-6-10-20(17)16-26-21-13-11-19(12-14-21)22(15-23(24)25)18-8-3-2-4-9-18/h2-14,22H,15-16H2,1H3,(H,24,25). The summed E-state index contributed by atoms with van der Waals surface area (Å²) in [4.78, 5) is 11.3. The molecule has 0 fully saturated rings. The lowest BCUT2D eigenvalue weighted by molar-refractivity contribution is -0.137. The van der Waals surface area contributed by atoms with Crippen LogP contribution in [0.5, 0.6) is 5.75 Å². The van der Waals surface area contributed by atoms with Crippen LogP contribution in [0.2, 0.25) is 0 Å². The van der Waals surface area contributed by atoms with Gasteiger partial charge in [0.2, 0.25) is 0 Å². The average Bonchev–Trinajstić information content (AvgIpc) is 2.67. The highest BCUT2D eigenvalue weighted by molar-refractivity contribution is 5.69. The predicted octanol–water partition coefficient (Wildman–Crippen LogP) is 5.18. The second kappa shape index (κ2) is 8.34. The second-order valence-corrected chi connectivity index (χ2v) is 6.35. The maximum Gasteiger partial charge on any atom is 0.304 e. The summed E-state index contributed by atoms with van der Waals surface area (Å²) in [6.45, 7) is 2.58. The number of aryl methyl sites for hydroxylation is 1. The van der Waals surface area contributed by atoms with Crippen LogP contribution in [0.25, 0.3) is 0 Å². The van der Waals surface area contributed by atoms with Crippen molar-refractivity contribution < 1.29 is 14.6 Å². The van der Waals surface area contributed by atoms with Gasteiger partial charge < -0.3 is 9.84 Å². The maximum atomic E-state index is 11.3. The lowest BCUT2D eigenvalue weighted by Crippen LogP contribution is -2.08. The zero-order valence-electron chi connectivity index (χ0n) is 14.8. The minimum atomic E-state index is -0.807. The van der Waals surface area contributed by atoms with Gasteiger partial charge in [0, 0.05) is 5.92 Å². The molecule has 1 unspecified atom stereocenters. The summed E-state index contributed by atoms with van der Waals surface area (Å²) >= 11 is 0. The molecule has 0 aliphatic heterocycles. The van der Waals surface area contributed by atoms with Gasteiger partial charge in [0.1, 0.15) is 12.4 Å². The van der Waals surface area contributed by atoms with Gasteiger partial charge in [-0.25, -0.2) is 0 Å². The monoisotopic (exact) mass is 346 g/mol. The van der Waals surface area contributed by atoms with Crippen LogP contribution in [0.4, 0.5) is 0 Å². The predicted molar refractivity (Wildman–Crippen MR) is 102 cm³/mol. The van der Waals surface area contributed by atoms with Crippen molar-refractivity contribution in [1.82, 2.24) is 0 Å².